The van der Waals surface area contributed by atoms with Gasteiger partial charge in [0.15, 0.2) is 0 Å². The van der Waals surface area contributed by atoms with Gasteiger partial charge in [0.05, 0.1) is 19.3 Å². The normalized spacial score (nSPS) is 20.3. The maximum atomic E-state index is 11.7. The number of carboxylic acids is 1. The molecular formula is C11H20N2O4. The van der Waals surface area contributed by atoms with Gasteiger partial charge < -0.3 is 20.1 Å². The lowest BCUT2D eigenvalue weighted by molar-refractivity contribution is -0.137. The van der Waals surface area contributed by atoms with Gasteiger partial charge in [-0.2, -0.15) is 0 Å². The molecule has 1 aliphatic rings. The minimum absolute atomic E-state index is 0.0514. The zero-order valence-electron chi connectivity index (χ0n) is 10.1. The summed E-state index contributed by atoms with van der Waals surface area (Å²) in [5, 5.41) is 11.4. The van der Waals surface area contributed by atoms with Crippen molar-refractivity contribution in [1.82, 2.24) is 10.2 Å². The highest BCUT2D eigenvalue weighted by Gasteiger charge is 2.20. The summed E-state index contributed by atoms with van der Waals surface area (Å²) in [4.78, 5) is 23.8. The van der Waals surface area contributed by atoms with Gasteiger partial charge in [-0.25, -0.2) is 0 Å². The number of aliphatic carboxylic acids is 1. The SMILES string of the molecule is CC1CN(C(=O)CNCCCC(=O)O)CCO1. The molecule has 1 aliphatic heterocycles. The number of amides is 1. The molecule has 0 aliphatic carbocycles. The summed E-state index contributed by atoms with van der Waals surface area (Å²) in [6, 6.07) is 0. The average molecular weight is 244 g/mol. The Morgan fingerprint density at radius 3 is 2.94 bits per heavy atom. The van der Waals surface area contributed by atoms with E-state index < -0.39 is 5.97 Å². The number of carbonyl (C=O) groups excluding carboxylic acids is 1. The Balaban J connectivity index is 2.10. The monoisotopic (exact) mass is 244 g/mol. The molecule has 2 N–H and O–H groups in total. The highest BCUT2D eigenvalue weighted by Crippen LogP contribution is 2.03. The summed E-state index contributed by atoms with van der Waals surface area (Å²) in [7, 11) is 0. The summed E-state index contributed by atoms with van der Waals surface area (Å²) in [5.41, 5.74) is 0. The maximum absolute atomic E-state index is 11.7. The molecule has 17 heavy (non-hydrogen) atoms. The Kier molecular flexibility index (Phi) is 5.93. The van der Waals surface area contributed by atoms with Gasteiger partial charge in [0.1, 0.15) is 0 Å². The minimum atomic E-state index is -0.805. The summed E-state index contributed by atoms with van der Waals surface area (Å²) in [5.74, 6) is -0.754. The largest absolute Gasteiger partial charge is 0.481 e. The van der Waals surface area contributed by atoms with Crippen LogP contribution in [0.25, 0.3) is 0 Å². The Bertz CT molecular complexity index is 270. The summed E-state index contributed by atoms with van der Waals surface area (Å²) in [6.45, 7) is 4.63. The number of rotatable bonds is 6. The molecule has 1 heterocycles. The molecule has 0 radical (unpaired) electrons. The lowest BCUT2D eigenvalue weighted by Crippen LogP contribution is -2.47. The maximum Gasteiger partial charge on any atom is 0.303 e. The van der Waals surface area contributed by atoms with Crippen LogP contribution >= 0.6 is 0 Å². The molecule has 1 amide bonds. The van der Waals surface area contributed by atoms with E-state index in [1.807, 2.05) is 6.92 Å². The number of carboxylic acid groups (broad SMARTS) is 1. The van der Waals surface area contributed by atoms with Gasteiger partial charge in [-0.3, -0.25) is 9.59 Å². The number of carbonyl (C=O) groups is 2. The fourth-order valence-electron chi connectivity index (χ4n) is 1.72. The number of morpholine rings is 1. The van der Waals surface area contributed by atoms with E-state index >= 15 is 0 Å². The first-order chi connectivity index (χ1) is 8.09. The van der Waals surface area contributed by atoms with E-state index in [1.54, 1.807) is 4.90 Å². The molecule has 0 aromatic heterocycles. The molecule has 1 saturated heterocycles. The Hall–Kier alpha value is -1.14. The van der Waals surface area contributed by atoms with Gasteiger partial charge in [0.25, 0.3) is 0 Å². The van der Waals surface area contributed by atoms with Crippen molar-refractivity contribution in [1.29, 1.82) is 0 Å². The molecule has 0 aromatic carbocycles. The first kappa shape index (κ1) is 13.9. The third-order valence-corrected chi connectivity index (χ3v) is 2.61. The Labute approximate surface area is 101 Å². The van der Waals surface area contributed by atoms with Crippen LogP contribution in [0, 0.1) is 0 Å². The molecule has 6 heteroatoms. The predicted octanol–water partition coefficient (Wildman–Crippen LogP) is -0.312. The van der Waals surface area contributed by atoms with Crippen molar-refractivity contribution in [3.63, 3.8) is 0 Å². The molecule has 6 nitrogen and oxygen atoms in total. The van der Waals surface area contributed by atoms with E-state index in [0.29, 0.717) is 32.7 Å². The van der Waals surface area contributed by atoms with Crippen LogP contribution in [-0.2, 0) is 14.3 Å². The fourth-order valence-corrected chi connectivity index (χ4v) is 1.72. The van der Waals surface area contributed by atoms with Crippen LogP contribution in [0.15, 0.2) is 0 Å². The smallest absolute Gasteiger partial charge is 0.303 e. The minimum Gasteiger partial charge on any atom is -0.481 e. The van der Waals surface area contributed by atoms with E-state index in [0.717, 1.165) is 0 Å². The van der Waals surface area contributed by atoms with Crippen LogP contribution in [0.4, 0.5) is 0 Å². The zero-order valence-corrected chi connectivity index (χ0v) is 10.1. The highest BCUT2D eigenvalue weighted by atomic mass is 16.5. The molecule has 0 aromatic rings. The highest BCUT2D eigenvalue weighted by molar-refractivity contribution is 5.78. The van der Waals surface area contributed by atoms with Crippen molar-refractivity contribution >= 4 is 11.9 Å². The van der Waals surface area contributed by atoms with E-state index in [4.69, 9.17) is 9.84 Å². The number of nitrogens with zero attached hydrogens (tertiary/aromatic N) is 1. The van der Waals surface area contributed by atoms with Gasteiger partial charge in [-0.15, -0.1) is 0 Å². The van der Waals surface area contributed by atoms with Gasteiger partial charge in [0, 0.05) is 19.5 Å². The Morgan fingerprint density at radius 2 is 2.29 bits per heavy atom. The third-order valence-electron chi connectivity index (χ3n) is 2.61. The van der Waals surface area contributed by atoms with Crippen LogP contribution in [0.1, 0.15) is 19.8 Å². The number of hydrogen-bond donors (Lipinski definition) is 2. The zero-order chi connectivity index (χ0) is 12.7. The molecule has 1 rings (SSSR count). The summed E-state index contributed by atoms with van der Waals surface area (Å²) < 4.78 is 5.35. The molecule has 0 spiro atoms. The lowest BCUT2D eigenvalue weighted by Gasteiger charge is -2.31. The predicted molar refractivity (Wildman–Crippen MR) is 61.7 cm³/mol. The summed E-state index contributed by atoms with van der Waals surface area (Å²) in [6.07, 6.45) is 0.775. The van der Waals surface area contributed by atoms with E-state index in [9.17, 15) is 9.59 Å². The second-order valence-corrected chi connectivity index (χ2v) is 4.20. The Morgan fingerprint density at radius 1 is 1.53 bits per heavy atom. The van der Waals surface area contributed by atoms with Gasteiger partial charge >= 0.3 is 5.97 Å². The van der Waals surface area contributed by atoms with E-state index in [2.05, 4.69) is 5.32 Å². The van der Waals surface area contributed by atoms with E-state index in [-0.39, 0.29) is 25.0 Å². The molecule has 98 valence electrons. The quantitative estimate of drug-likeness (QED) is 0.626. The van der Waals surface area contributed by atoms with Gasteiger partial charge in [-0.05, 0) is 19.9 Å². The molecular weight excluding hydrogens is 224 g/mol. The van der Waals surface area contributed by atoms with Crippen LogP contribution in [0.5, 0.6) is 0 Å². The third kappa shape index (κ3) is 5.65. The van der Waals surface area contributed by atoms with Crippen LogP contribution in [0.3, 0.4) is 0 Å². The van der Waals surface area contributed by atoms with Crippen LogP contribution in [-0.4, -0.2) is 60.8 Å². The van der Waals surface area contributed by atoms with E-state index in [1.165, 1.54) is 0 Å². The van der Waals surface area contributed by atoms with Crippen molar-refractivity contribution < 1.29 is 19.4 Å². The number of ether oxygens (including phenoxy) is 1. The number of hydrogen-bond acceptors (Lipinski definition) is 4. The molecule has 1 unspecified atom stereocenters. The average Bonchev–Trinajstić information content (AvgIpc) is 2.28. The molecule has 0 bridgehead atoms. The second kappa shape index (κ2) is 7.24. The fraction of sp³-hybridized carbons (Fsp3) is 0.818. The first-order valence-electron chi connectivity index (χ1n) is 5.91. The van der Waals surface area contributed by atoms with Crippen molar-refractivity contribution in [3.05, 3.63) is 0 Å². The van der Waals surface area contributed by atoms with Gasteiger partial charge in [0.2, 0.25) is 5.91 Å². The number of nitrogens with one attached hydrogen (secondary N) is 1. The standard InChI is InChI=1S/C11H20N2O4/c1-9-8-13(5-6-17-9)10(14)7-12-4-2-3-11(15)16/h9,12H,2-8H2,1H3,(H,15,16). The topological polar surface area (TPSA) is 78.9 Å². The van der Waals surface area contributed by atoms with Crippen molar-refractivity contribution in [2.24, 2.45) is 0 Å². The van der Waals surface area contributed by atoms with Crippen molar-refractivity contribution in [2.75, 3.05) is 32.8 Å². The molecule has 0 saturated carbocycles. The lowest BCUT2D eigenvalue weighted by atomic mass is 10.3. The van der Waals surface area contributed by atoms with Crippen molar-refractivity contribution in [3.8, 4) is 0 Å². The van der Waals surface area contributed by atoms with Gasteiger partial charge in [-0.1, -0.05) is 0 Å². The van der Waals surface area contributed by atoms with Crippen LogP contribution in [0.2, 0.25) is 0 Å². The molecule has 1 atom stereocenters. The second-order valence-electron chi connectivity index (χ2n) is 4.20. The van der Waals surface area contributed by atoms with Crippen LogP contribution < -0.4 is 5.32 Å². The first-order valence-corrected chi connectivity index (χ1v) is 5.91. The summed E-state index contributed by atoms with van der Waals surface area (Å²) >= 11 is 0. The van der Waals surface area contributed by atoms with Crippen molar-refractivity contribution in [2.45, 2.75) is 25.9 Å². The molecule has 1 fully saturated rings.